The zero-order valence-corrected chi connectivity index (χ0v) is 11.3. The zero-order valence-electron chi connectivity index (χ0n) is 10.5. The van der Waals surface area contributed by atoms with Crippen LogP contribution in [0.5, 0.6) is 0 Å². The van der Waals surface area contributed by atoms with Gasteiger partial charge in [-0.25, -0.2) is 0 Å². The third-order valence-electron chi connectivity index (χ3n) is 2.58. The first-order valence-electron chi connectivity index (χ1n) is 5.83. The Labute approximate surface area is 110 Å². The topological polar surface area (TPSA) is 86.8 Å². The van der Waals surface area contributed by atoms with Crippen molar-refractivity contribution in [3.8, 4) is 0 Å². The Morgan fingerprint density at radius 3 is 2.72 bits per heavy atom. The van der Waals surface area contributed by atoms with E-state index in [9.17, 15) is 15.2 Å². The monoisotopic (exact) mass is 274 g/mol. The van der Waals surface area contributed by atoms with E-state index >= 15 is 0 Å². The number of hydrogen-bond acceptors (Lipinski definition) is 6. The Kier molecular flexibility index (Phi) is 5.52. The average Bonchev–Trinajstić information content (AvgIpc) is 2.75. The molecule has 0 radical (unpaired) electrons. The van der Waals surface area contributed by atoms with Gasteiger partial charge in [0.05, 0.1) is 11.0 Å². The molecule has 0 saturated carbocycles. The Bertz CT molecular complexity index is 406. The highest BCUT2D eigenvalue weighted by Gasteiger charge is 2.24. The lowest BCUT2D eigenvalue weighted by Crippen LogP contribution is -2.24. The fourth-order valence-corrected chi connectivity index (χ4v) is 2.77. The van der Waals surface area contributed by atoms with Gasteiger partial charge in [0.25, 0.3) is 0 Å². The summed E-state index contributed by atoms with van der Waals surface area (Å²) in [5.41, 5.74) is 0.0238. The van der Waals surface area contributed by atoms with Gasteiger partial charge in [0.2, 0.25) is 0 Å². The maximum Gasteiger partial charge on any atom is 0.304 e. The van der Waals surface area contributed by atoms with Gasteiger partial charge in [0, 0.05) is 30.6 Å². The van der Waals surface area contributed by atoms with Gasteiger partial charge in [-0.05, 0) is 20.3 Å². The van der Waals surface area contributed by atoms with E-state index in [0.29, 0.717) is 29.4 Å². The molecule has 7 heteroatoms. The van der Waals surface area contributed by atoms with Crippen LogP contribution < -0.4 is 4.90 Å². The number of nitrogens with zero attached hydrogens (tertiary/aromatic N) is 2. The Balaban J connectivity index is 3.06. The molecule has 0 aliphatic carbocycles. The molecule has 18 heavy (non-hydrogen) atoms. The highest BCUT2D eigenvalue weighted by molar-refractivity contribution is 7.16. The summed E-state index contributed by atoms with van der Waals surface area (Å²) in [6.07, 6.45) is -0.147. The fraction of sp³-hybridized carbons (Fsp3) is 0.636. The summed E-state index contributed by atoms with van der Waals surface area (Å²) in [6.45, 7) is 4.74. The number of nitro groups is 1. The van der Waals surface area contributed by atoms with Gasteiger partial charge in [0.1, 0.15) is 0 Å². The van der Waals surface area contributed by atoms with E-state index < -0.39 is 11.0 Å². The second-order valence-corrected chi connectivity index (χ2v) is 4.99. The van der Waals surface area contributed by atoms with E-state index in [1.54, 1.807) is 6.92 Å². The first-order valence-corrected chi connectivity index (χ1v) is 6.64. The van der Waals surface area contributed by atoms with E-state index in [1.165, 1.54) is 17.4 Å². The standard InChI is InChI=1S/C11H18N2O4S/c1-3-12(5-4-6-14)11-9(13(16)17)7-10(18-11)8(2)15/h7-8,14-15H,3-6H2,1-2H3/t8-/m0/s1. The van der Waals surface area contributed by atoms with Crippen LogP contribution in [-0.4, -0.2) is 34.8 Å². The van der Waals surface area contributed by atoms with Crippen molar-refractivity contribution in [3.63, 3.8) is 0 Å². The van der Waals surface area contributed by atoms with Crippen LogP contribution in [0.15, 0.2) is 6.07 Å². The van der Waals surface area contributed by atoms with Gasteiger partial charge in [-0.15, -0.1) is 11.3 Å². The molecular weight excluding hydrogens is 256 g/mol. The Morgan fingerprint density at radius 2 is 2.28 bits per heavy atom. The van der Waals surface area contributed by atoms with Crippen LogP contribution in [0.4, 0.5) is 10.7 Å². The van der Waals surface area contributed by atoms with Gasteiger partial charge in [-0.1, -0.05) is 0 Å². The number of aliphatic hydroxyl groups is 2. The minimum Gasteiger partial charge on any atom is -0.396 e. The average molecular weight is 274 g/mol. The van der Waals surface area contributed by atoms with Crippen molar-refractivity contribution in [2.75, 3.05) is 24.6 Å². The SMILES string of the molecule is CCN(CCCO)c1sc([C@H](C)O)cc1[N+](=O)[O-]. The van der Waals surface area contributed by atoms with Gasteiger partial charge >= 0.3 is 5.69 Å². The third-order valence-corrected chi connectivity index (χ3v) is 3.93. The predicted molar refractivity (Wildman–Crippen MR) is 71.2 cm³/mol. The summed E-state index contributed by atoms with van der Waals surface area (Å²) in [4.78, 5) is 13.0. The molecule has 0 aliphatic rings. The van der Waals surface area contributed by atoms with Gasteiger partial charge in [-0.2, -0.15) is 0 Å². The molecule has 0 unspecified atom stereocenters. The second-order valence-electron chi connectivity index (χ2n) is 3.93. The number of aliphatic hydroxyl groups excluding tert-OH is 2. The number of rotatable bonds is 7. The molecule has 0 saturated heterocycles. The quantitative estimate of drug-likeness (QED) is 0.586. The van der Waals surface area contributed by atoms with Crippen LogP contribution in [0.25, 0.3) is 0 Å². The molecule has 1 aromatic rings. The third kappa shape index (κ3) is 3.41. The minimum absolute atomic E-state index is 0.0238. The fourth-order valence-electron chi connectivity index (χ4n) is 1.62. The first-order chi connectivity index (χ1) is 8.51. The summed E-state index contributed by atoms with van der Waals surface area (Å²) >= 11 is 1.23. The van der Waals surface area contributed by atoms with Crippen molar-refractivity contribution < 1.29 is 15.1 Å². The van der Waals surface area contributed by atoms with E-state index in [2.05, 4.69) is 0 Å². The second kappa shape index (κ2) is 6.67. The predicted octanol–water partition coefficient (Wildman–Crippen LogP) is 1.92. The number of anilines is 1. The van der Waals surface area contributed by atoms with Crippen molar-refractivity contribution in [3.05, 3.63) is 21.1 Å². The van der Waals surface area contributed by atoms with Crippen molar-refractivity contribution in [1.82, 2.24) is 0 Å². The molecule has 2 N–H and O–H groups in total. The highest BCUT2D eigenvalue weighted by atomic mass is 32.1. The number of hydrogen-bond donors (Lipinski definition) is 2. The lowest BCUT2D eigenvalue weighted by molar-refractivity contribution is -0.383. The van der Waals surface area contributed by atoms with Gasteiger partial charge in [-0.3, -0.25) is 10.1 Å². The molecule has 6 nitrogen and oxygen atoms in total. The summed E-state index contributed by atoms with van der Waals surface area (Å²) in [5, 5.41) is 29.9. The lowest BCUT2D eigenvalue weighted by Gasteiger charge is -2.19. The Morgan fingerprint density at radius 1 is 1.61 bits per heavy atom. The summed E-state index contributed by atoms with van der Waals surface area (Å²) in [5.74, 6) is 0. The molecule has 0 amide bonds. The zero-order chi connectivity index (χ0) is 13.7. The van der Waals surface area contributed by atoms with E-state index in [0.717, 1.165) is 0 Å². The van der Waals surface area contributed by atoms with Crippen LogP contribution in [0.3, 0.4) is 0 Å². The normalized spacial score (nSPS) is 12.4. The maximum atomic E-state index is 11.0. The molecule has 1 atom stereocenters. The molecule has 1 aromatic heterocycles. The van der Waals surface area contributed by atoms with Crippen molar-refractivity contribution in [2.45, 2.75) is 26.4 Å². The molecule has 102 valence electrons. The first kappa shape index (κ1) is 14.9. The van der Waals surface area contributed by atoms with Crippen molar-refractivity contribution >= 4 is 22.0 Å². The van der Waals surface area contributed by atoms with Crippen LogP contribution >= 0.6 is 11.3 Å². The van der Waals surface area contributed by atoms with Gasteiger partial charge in [0.15, 0.2) is 5.00 Å². The van der Waals surface area contributed by atoms with Crippen molar-refractivity contribution in [2.24, 2.45) is 0 Å². The highest BCUT2D eigenvalue weighted by Crippen LogP contribution is 2.40. The molecule has 1 rings (SSSR count). The van der Waals surface area contributed by atoms with Crippen molar-refractivity contribution in [1.29, 1.82) is 0 Å². The van der Waals surface area contributed by atoms with Crippen LogP contribution in [-0.2, 0) is 0 Å². The van der Waals surface area contributed by atoms with Crippen LogP contribution in [0.2, 0.25) is 0 Å². The van der Waals surface area contributed by atoms with E-state index in [-0.39, 0.29) is 12.3 Å². The Hall–Kier alpha value is -1.18. The smallest absolute Gasteiger partial charge is 0.304 e. The number of thiophene rings is 1. The van der Waals surface area contributed by atoms with Crippen LogP contribution in [0, 0.1) is 10.1 Å². The largest absolute Gasteiger partial charge is 0.396 e. The summed E-state index contributed by atoms with van der Waals surface area (Å²) < 4.78 is 0. The summed E-state index contributed by atoms with van der Waals surface area (Å²) in [7, 11) is 0. The molecule has 0 aromatic carbocycles. The molecule has 1 heterocycles. The molecule has 0 bridgehead atoms. The molecule has 0 aliphatic heterocycles. The van der Waals surface area contributed by atoms with Crippen LogP contribution in [0.1, 0.15) is 31.2 Å². The van der Waals surface area contributed by atoms with E-state index in [1.807, 2.05) is 11.8 Å². The minimum atomic E-state index is -0.709. The van der Waals surface area contributed by atoms with E-state index in [4.69, 9.17) is 5.11 Å². The molecule has 0 spiro atoms. The summed E-state index contributed by atoms with van der Waals surface area (Å²) in [6, 6.07) is 1.42. The molecule has 0 fully saturated rings. The molecular formula is C11H18N2O4S. The lowest BCUT2D eigenvalue weighted by atomic mass is 10.3. The van der Waals surface area contributed by atoms with Gasteiger partial charge < -0.3 is 15.1 Å². The maximum absolute atomic E-state index is 11.0.